The number of aryl methyl sites for hydroxylation is 1. The van der Waals surface area contributed by atoms with Crippen molar-refractivity contribution in [1.29, 1.82) is 0 Å². The first kappa shape index (κ1) is 13.7. The first-order chi connectivity index (χ1) is 9.58. The number of carbonyl (C=O) groups is 1. The Kier molecular flexibility index (Phi) is 4.10. The van der Waals surface area contributed by atoms with Gasteiger partial charge in [-0.1, -0.05) is 18.2 Å². The second-order valence-corrected chi connectivity index (χ2v) is 4.33. The Morgan fingerprint density at radius 2 is 1.90 bits per heavy atom. The minimum absolute atomic E-state index is 0.562. The molecule has 0 bridgehead atoms. The SMILES string of the molecule is Cc1ccccc1N(C)c1ncc(/C=C/C(=O)O)cn1. The van der Waals surface area contributed by atoms with E-state index in [1.165, 1.54) is 6.08 Å². The molecular weight excluding hydrogens is 254 g/mol. The molecule has 0 fully saturated rings. The molecule has 2 aromatic rings. The molecule has 0 aliphatic carbocycles. The zero-order valence-electron chi connectivity index (χ0n) is 11.3. The molecule has 0 amide bonds. The molecule has 0 aliphatic heterocycles. The predicted molar refractivity (Wildman–Crippen MR) is 77.9 cm³/mol. The van der Waals surface area contributed by atoms with E-state index < -0.39 is 5.97 Å². The fraction of sp³-hybridized carbons (Fsp3) is 0.133. The first-order valence-corrected chi connectivity index (χ1v) is 6.10. The van der Waals surface area contributed by atoms with Gasteiger partial charge in [0.2, 0.25) is 5.95 Å². The number of para-hydroxylation sites is 1. The maximum Gasteiger partial charge on any atom is 0.328 e. The number of aromatic nitrogens is 2. The Morgan fingerprint density at radius 3 is 2.50 bits per heavy atom. The minimum Gasteiger partial charge on any atom is -0.478 e. The number of aliphatic carboxylic acids is 1. The highest BCUT2D eigenvalue weighted by Crippen LogP contribution is 2.23. The minimum atomic E-state index is -0.994. The molecular formula is C15H15N3O2. The number of benzene rings is 1. The Balaban J connectivity index is 2.22. The van der Waals surface area contributed by atoms with E-state index >= 15 is 0 Å². The normalized spacial score (nSPS) is 10.7. The molecule has 0 aliphatic rings. The van der Waals surface area contributed by atoms with Crippen LogP contribution in [0.3, 0.4) is 0 Å². The molecule has 0 atom stereocenters. The Morgan fingerprint density at radius 1 is 1.25 bits per heavy atom. The summed E-state index contributed by atoms with van der Waals surface area (Å²) in [4.78, 5) is 20.8. The molecule has 20 heavy (non-hydrogen) atoms. The van der Waals surface area contributed by atoms with Crippen molar-refractivity contribution in [1.82, 2.24) is 9.97 Å². The van der Waals surface area contributed by atoms with Gasteiger partial charge >= 0.3 is 5.97 Å². The summed E-state index contributed by atoms with van der Waals surface area (Å²) >= 11 is 0. The number of carboxylic acid groups (broad SMARTS) is 1. The zero-order valence-corrected chi connectivity index (χ0v) is 11.3. The van der Waals surface area contributed by atoms with Crippen LogP contribution in [0, 0.1) is 6.92 Å². The molecule has 0 saturated carbocycles. The zero-order chi connectivity index (χ0) is 14.5. The summed E-state index contributed by atoms with van der Waals surface area (Å²) in [6, 6.07) is 7.96. The van der Waals surface area contributed by atoms with Crippen molar-refractivity contribution in [2.24, 2.45) is 0 Å². The number of anilines is 2. The van der Waals surface area contributed by atoms with Crippen molar-refractivity contribution in [3.63, 3.8) is 0 Å². The molecule has 1 heterocycles. The Bertz CT molecular complexity index is 636. The quantitative estimate of drug-likeness (QED) is 0.864. The maximum absolute atomic E-state index is 10.4. The molecule has 1 N–H and O–H groups in total. The van der Waals surface area contributed by atoms with Crippen LogP contribution < -0.4 is 4.90 Å². The van der Waals surface area contributed by atoms with Gasteiger partial charge in [-0.2, -0.15) is 0 Å². The van der Waals surface area contributed by atoms with Gasteiger partial charge in [0.15, 0.2) is 0 Å². The standard InChI is InChI=1S/C15H15N3O2/c1-11-5-3-4-6-13(11)18(2)15-16-9-12(10-17-15)7-8-14(19)20/h3-10H,1-2H3,(H,19,20)/b8-7+. The van der Waals surface area contributed by atoms with Crippen LogP contribution in [0.2, 0.25) is 0 Å². The summed E-state index contributed by atoms with van der Waals surface area (Å²) in [5.41, 5.74) is 2.81. The van der Waals surface area contributed by atoms with Gasteiger partial charge in [-0.25, -0.2) is 14.8 Å². The topological polar surface area (TPSA) is 66.3 Å². The molecule has 0 unspecified atom stereocenters. The lowest BCUT2D eigenvalue weighted by atomic mass is 10.2. The average molecular weight is 269 g/mol. The largest absolute Gasteiger partial charge is 0.478 e. The molecule has 0 spiro atoms. The molecule has 5 heteroatoms. The second-order valence-electron chi connectivity index (χ2n) is 4.33. The van der Waals surface area contributed by atoms with Crippen LogP contribution in [0.15, 0.2) is 42.7 Å². The second kappa shape index (κ2) is 5.97. The predicted octanol–water partition coefficient (Wildman–Crippen LogP) is 2.65. The summed E-state index contributed by atoms with van der Waals surface area (Å²) in [5.74, 6) is -0.433. The van der Waals surface area contributed by atoms with Gasteiger partial charge in [0.1, 0.15) is 0 Å². The van der Waals surface area contributed by atoms with Crippen molar-refractivity contribution >= 4 is 23.7 Å². The van der Waals surface area contributed by atoms with Crippen molar-refractivity contribution in [2.75, 3.05) is 11.9 Å². The monoisotopic (exact) mass is 269 g/mol. The van der Waals surface area contributed by atoms with Crippen LogP contribution in [0.4, 0.5) is 11.6 Å². The summed E-state index contributed by atoms with van der Waals surface area (Å²) < 4.78 is 0. The number of carboxylic acids is 1. The van der Waals surface area contributed by atoms with Gasteiger partial charge in [-0.3, -0.25) is 0 Å². The third-order valence-electron chi connectivity index (χ3n) is 2.85. The van der Waals surface area contributed by atoms with Gasteiger partial charge in [-0.15, -0.1) is 0 Å². The van der Waals surface area contributed by atoms with Gasteiger partial charge in [0.25, 0.3) is 0 Å². The van der Waals surface area contributed by atoms with Crippen LogP contribution >= 0.6 is 0 Å². The van der Waals surface area contributed by atoms with E-state index in [1.54, 1.807) is 12.4 Å². The van der Waals surface area contributed by atoms with E-state index in [4.69, 9.17) is 5.11 Å². The molecule has 0 radical (unpaired) electrons. The number of rotatable bonds is 4. The Hall–Kier alpha value is -2.69. The third-order valence-corrected chi connectivity index (χ3v) is 2.85. The van der Waals surface area contributed by atoms with E-state index in [-0.39, 0.29) is 0 Å². The highest BCUT2D eigenvalue weighted by atomic mass is 16.4. The van der Waals surface area contributed by atoms with E-state index in [2.05, 4.69) is 9.97 Å². The number of hydrogen-bond acceptors (Lipinski definition) is 4. The molecule has 5 nitrogen and oxygen atoms in total. The Labute approximate surface area is 117 Å². The maximum atomic E-state index is 10.4. The smallest absolute Gasteiger partial charge is 0.328 e. The number of hydrogen-bond donors (Lipinski definition) is 1. The van der Waals surface area contributed by atoms with E-state index in [0.29, 0.717) is 11.5 Å². The lowest BCUT2D eigenvalue weighted by Gasteiger charge is -2.19. The number of nitrogens with zero attached hydrogens (tertiary/aromatic N) is 3. The molecule has 2 rings (SSSR count). The van der Waals surface area contributed by atoms with Gasteiger partial charge in [0.05, 0.1) is 0 Å². The van der Waals surface area contributed by atoms with Gasteiger partial charge in [0, 0.05) is 36.8 Å². The van der Waals surface area contributed by atoms with Crippen molar-refractivity contribution < 1.29 is 9.90 Å². The fourth-order valence-corrected chi connectivity index (χ4v) is 1.81. The average Bonchev–Trinajstić information content (AvgIpc) is 2.45. The van der Waals surface area contributed by atoms with Crippen LogP contribution in [0.1, 0.15) is 11.1 Å². The van der Waals surface area contributed by atoms with E-state index in [0.717, 1.165) is 17.3 Å². The molecule has 1 aromatic carbocycles. The highest BCUT2D eigenvalue weighted by Gasteiger charge is 2.08. The van der Waals surface area contributed by atoms with Crippen LogP contribution in [-0.2, 0) is 4.79 Å². The molecule has 1 aromatic heterocycles. The lowest BCUT2D eigenvalue weighted by Crippen LogP contribution is -2.14. The summed E-state index contributed by atoms with van der Waals surface area (Å²) in [7, 11) is 1.89. The summed E-state index contributed by atoms with van der Waals surface area (Å²) in [5, 5.41) is 8.56. The highest BCUT2D eigenvalue weighted by molar-refractivity contribution is 5.85. The molecule has 0 saturated heterocycles. The van der Waals surface area contributed by atoms with Gasteiger partial charge in [-0.05, 0) is 24.6 Å². The fourth-order valence-electron chi connectivity index (χ4n) is 1.81. The van der Waals surface area contributed by atoms with Crippen LogP contribution in [0.25, 0.3) is 6.08 Å². The van der Waals surface area contributed by atoms with Gasteiger partial charge < -0.3 is 10.0 Å². The molecule has 102 valence electrons. The van der Waals surface area contributed by atoms with Crippen molar-refractivity contribution in [2.45, 2.75) is 6.92 Å². The van der Waals surface area contributed by atoms with E-state index in [1.807, 2.05) is 43.1 Å². The van der Waals surface area contributed by atoms with Crippen LogP contribution in [0.5, 0.6) is 0 Å². The lowest BCUT2D eigenvalue weighted by molar-refractivity contribution is -0.131. The first-order valence-electron chi connectivity index (χ1n) is 6.10. The summed E-state index contributed by atoms with van der Waals surface area (Å²) in [6.45, 7) is 2.02. The van der Waals surface area contributed by atoms with E-state index in [9.17, 15) is 4.79 Å². The third kappa shape index (κ3) is 3.20. The van der Waals surface area contributed by atoms with Crippen molar-refractivity contribution in [3.8, 4) is 0 Å². The van der Waals surface area contributed by atoms with Crippen LogP contribution in [-0.4, -0.2) is 28.1 Å². The summed E-state index contributed by atoms with van der Waals surface area (Å²) in [6.07, 6.45) is 5.70. The van der Waals surface area contributed by atoms with Crippen molar-refractivity contribution in [3.05, 3.63) is 53.9 Å².